The van der Waals surface area contributed by atoms with Crippen molar-refractivity contribution < 1.29 is 30.3 Å². The second-order valence-electron chi connectivity index (χ2n) is 5.50. The monoisotopic (exact) mass is 399 g/mol. The number of halogens is 1. The van der Waals surface area contributed by atoms with Crippen LogP contribution >= 0.6 is 0 Å². The molecule has 0 atom stereocenters. The van der Waals surface area contributed by atoms with E-state index < -0.39 is 10.0 Å². The minimum atomic E-state index is -3.64. The maximum atomic E-state index is 11.2. The predicted molar refractivity (Wildman–Crippen MR) is 97.4 cm³/mol. The molecule has 0 saturated heterocycles. The zero-order valence-electron chi connectivity index (χ0n) is 14.9. The SMILES string of the molecule is CCOc1c(CNCCc2ccc(S(N)(=O)=O)cc2)cccc1OC.[Cl-]. The van der Waals surface area contributed by atoms with E-state index in [2.05, 4.69) is 5.32 Å². The van der Waals surface area contributed by atoms with E-state index in [1.807, 2.05) is 25.1 Å². The molecule has 2 aromatic rings. The van der Waals surface area contributed by atoms with Gasteiger partial charge in [0.2, 0.25) is 10.0 Å². The van der Waals surface area contributed by atoms with Crippen molar-refractivity contribution in [3.8, 4) is 11.5 Å². The summed E-state index contributed by atoms with van der Waals surface area (Å²) >= 11 is 0. The molecule has 0 aliphatic rings. The van der Waals surface area contributed by atoms with Gasteiger partial charge < -0.3 is 27.2 Å². The van der Waals surface area contributed by atoms with Crippen LogP contribution in [0.15, 0.2) is 47.4 Å². The van der Waals surface area contributed by atoms with Gasteiger partial charge in [-0.15, -0.1) is 0 Å². The fraction of sp³-hybridized carbons (Fsp3) is 0.333. The third-order valence-corrected chi connectivity index (χ3v) is 4.66. The molecular formula is C18H24ClN2O4S-. The minimum Gasteiger partial charge on any atom is -1.00 e. The molecule has 0 unspecified atom stereocenters. The molecule has 0 radical (unpaired) electrons. The van der Waals surface area contributed by atoms with E-state index in [1.54, 1.807) is 19.2 Å². The third kappa shape index (κ3) is 6.17. The molecule has 2 rings (SSSR count). The van der Waals surface area contributed by atoms with Gasteiger partial charge in [-0.3, -0.25) is 0 Å². The smallest absolute Gasteiger partial charge is 0.238 e. The average Bonchev–Trinajstić information content (AvgIpc) is 2.59. The van der Waals surface area contributed by atoms with Gasteiger partial charge in [0.1, 0.15) is 0 Å². The Morgan fingerprint density at radius 2 is 1.81 bits per heavy atom. The Hall–Kier alpha value is -1.80. The van der Waals surface area contributed by atoms with Crippen LogP contribution in [-0.4, -0.2) is 28.7 Å². The molecule has 3 N–H and O–H groups in total. The van der Waals surface area contributed by atoms with Crippen LogP contribution in [0.3, 0.4) is 0 Å². The van der Waals surface area contributed by atoms with E-state index in [9.17, 15) is 8.42 Å². The van der Waals surface area contributed by atoms with Gasteiger partial charge >= 0.3 is 0 Å². The van der Waals surface area contributed by atoms with Crippen molar-refractivity contribution in [3.05, 3.63) is 53.6 Å². The molecule has 8 heteroatoms. The largest absolute Gasteiger partial charge is 1.00 e. The van der Waals surface area contributed by atoms with Gasteiger partial charge in [-0.05, 0) is 43.7 Å². The van der Waals surface area contributed by atoms with Crippen LogP contribution < -0.4 is 32.3 Å². The maximum Gasteiger partial charge on any atom is 0.238 e. The van der Waals surface area contributed by atoms with E-state index in [0.29, 0.717) is 13.2 Å². The lowest BCUT2D eigenvalue weighted by molar-refractivity contribution is -0.00000851. The van der Waals surface area contributed by atoms with Crippen molar-refractivity contribution in [1.82, 2.24) is 5.32 Å². The number of hydrogen-bond acceptors (Lipinski definition) is 5. The summed E-state index contributed by atoms with van der Waals surface area (Å²) in [6.07, 6.45) is 0.777. The topological polar surface area (TPSA) is 90.6 Å². The highest BCUT2D eigenvalue weighted by Gasteiger charge is 2.10. The summed E-state index contributed by atoms with van der Waals surface area (Å²) in [6.45, 7) is 3.91. The highest BCUT2D eigenvalue weighted by molar-refractivity contribution is 7.89. The summed E-state index contributed by atoms with van der Waals surface area (Å²) in [5.74, 6) is 1.48. The summed E-state index contributed by atoms with van der Waals surface area (Å²) < 4.78 is 33.5. The molecule has 0 amide bonds. The maximum absolute atomic E-state index is 11.2. The number of para-hydroxylation sites is 1. The Morgan fingerprint density at radius 3 is 2.38 bits per heavy atom. The first kappa shape index (κ1) is 22.2. The van der Waals surface area contributed by atoms with Crippen LogP contribution in [-0.2, 0) is 23.0 Å². The Labute approximate surface area is 161 Å². The molecule has 2 aromatic carbocycles. The third-order valence-electron chi connectivity index (χ3n) is 3.73. The Kier molecular flexibility index (Phi) is 8.87. The number of nitrogens with one attached hydrogen (secondary N) is 1. The van der Waals surface area contributed by atoms with Gasteiger partial charge in [0.25, 0.3) is 0 Å². The zero-order chi connectivity index (χ0) is 18.3. The van der Waals surface area contributed by atoms with Gasteiger partial charge in [-0.1, -0.05) is 24.3 Å². The molecule has 0 saturated carbocycles. The van der Waals surface area contributed by atoms with Crippen LogP contribution in [0.5, 0.6) is 11.5 Å². The molecule has 26 heavy (non-hydrogen) atoms. The van der Waals surface area contributed by atoms with Gasteiger partial charge in [0, 0.05) is 12.1 Å². The van der Waals surface area contributed by atoms with Gasteiger partial charge in [0.05, 0.1) is 18.6 Å². The van der Waals surface area contributed by atoms with E-state index in [1.165, 1.54) is 12.1 Å². The molecule has 0 heterocycles. The first-order valence-corrected chi connectivity index (χ1v) is 9.61. The second-order valence-corrected chi connectivity index (χ2v) is 7.06. The summed E-state index contributed by atoms with van der Waals surface area (Å²) in [5, 5.41) is 8.46. The Morgan fingerprint density at radius 1 is 1.12 bits per heavy atom. The van der Waals surface area contributed by atoms with Gasteiger partial charge in [-0.2, -0.15) is 0 Å². The lowest BCUT2D eigenvalue weighted by Gasteiger charge is -2.14. The molecule has 0 aromatic heterocycles. The lowest BCUT2D eigenvalue weighted by Crippen LogP contribution is -3.00. The average molecular weight is 400 g/mol. The molecule has 0 fully saturated rings. The van der Waals surface area contributed by atoms with Gasteiger partial charge in [-0.25, -0.2) is 13.6 Å². The first-order chi connectivity index (χ1) is 12.0. The first-order valence-electron chi connectivity index (χ1n) is 8.07. The number of benzene rings is 2. The van der Waals surface area contributed by atoms with Crippen LogP contribution in [0.1, 0.15) is 18.1 Å². The van der Waals surface area contributed by atoms with Crippen LogP contribution in [0.4, 0.5) is 0 Å². The molecule has 0 spiro atoms. The van der Waals surface area contributed by atoms with Gasteiger partial charge in [0.15, 0.2) is 11.5 Å². The Balaban J connectivity index is 0.00000338. The lowest BCUT2D eigenvalue weighted by atomic mass is 10.1. The van der Waals surface area contributed by atoms with Crippen LogP contribution in [0.25, 0.3) is 0 Å². The van der Waals surface area contributed by atoms with Crippen molar-refractivity contribution in [2.75, 3.05) is 20.3 Å². The fourth-order valence-corrected chi connectivity index (χ4v) is 2.99. The number of nitrogens with two attached hydrogens (primary N) is 1. The number of rotatable bonds is 9. The summed E-state index contributed by atoms with van der Waals surface area (Å²) in [6, 6.07) is 12.4. The summed E-state index contributed by atoms with van der Waals surface area (Å²) in [7, 11) is -2.01. The standard InChI is InChI=1S/C18H24N2O4S.ClH/c1-3-24-18-15(5-4-6-17(18)23-2)13-20-12-11-14-7-9-16(10-8-14)25(19,21)22;/h4-10,20H,3,11-13H2,1-2H3,(H2,19,21,22);1H/p-1. The molecule has 0 aliphatic heterocycles. The van der Waals surface area contributed by atoms with Crippen LogP contribution in [0.2, 0.25) is 0 Å². The second kappa shape index (κ2) is 10.4. The van der Waals surface area contributed by atoms with Crippen molar-refractivity contribution in [3.63, 3.8) is 0 Å². The fourth-order valence-electron chi connectivity index (χ4n) is 2.47. The normalized spacial score (nSPS) is 10.9. The van der Waals surface area contributed by atoms with Crippen LogP contribution in [0, 0.1) is 0 Å². The molecule has 0 aliphatic carbocycles. The summed E-state index contributed by atoms with van der Waals surface area (Å²) in [4.78, 5) is 0.127. The Bertz CT molecular complexity index is 795. The summed E-state index contributed by atoms with van der Waals surface area (Å²) in [5.41, 5.74) is 2.07. The predicted octanol–water partition coefficient (Wildman–Crippen LogP) is -0.922. The number of methoxy groups -OCH3 is 1. The van der Waals surface area contributed by atoms with Crippen molar-refractivity contribution in [1.29, 1.82) is 0 Å². The van der Waals surface area contributed by atoms with Crippen molar-refractivity contribution in [2.24, 2.45) is 5.14 Å². The highest BCUT2D eigenvalue weighted by Crippen LogP contribution is 2.30. The minimum absolute atomic E-state index is 0. The van der Waals surface area contributed by atoms with Crippen molar-refractivity contribution >= 4 is 10.0 Å². The number of primary sulfonamides is 1. The highest BCUT2D eigenvalue weighted by atomic mass is 35.5. The quantitative estimate of drug-likeness (QED) is 0.532. The van der Waals surface area contributed by atoms with Crippen molar-refractivity contribution in [2.45, 2.75) is 24.8 Å². The zero-order valence-corrected chi connectivity index (χ0v) is 16.4. The van der Waals surface area contributed by atoms with E-state index >= 15 is 0 Å². The molecule has 6 nitrogen and oxygen atoms in total. The van der Waals surface area contributed by atoms with E-state index in [0.717, 1.165) is 35.6 Å². The van der Waals surface area contributed by atoms with E-state index in [-0.39, 0.29) is 17.3 Å². The molecule has 144 valence electrons. The number of ether oxygens (including phenoxy) is 2. The number of sulfonamides is 1. The number of hydrogen-bond donors (Lipinski definition) is 2. The van der Waals surface area contributed by atoms with E-state index in [4.69, 9.17) is 14.6 Å². The molecular weight excluding hydrogens is 376 g/mol. The molecule has 0 bridgehead atoms.